The molecule has 0 saturated carbocycles. The molecule has 0 bridgehead atoms. The zero-order chi connectivity index (χ0) is 13.1. The number of aromatic hydroxyl groups is 1. The molecular formula is C14H21NO3. The standard InChI is InChI=1S/C14H21NO3/c1-10(16)11-5-6-15(8-11)9-12-3-4-13(18-2)7-14(12)17/h3-4,7,10-11,16-17H,5-6,8-9H2,1-2H3. The minimum atomic E-state index is -0.250. The van der Waals surface area contributed by atoms with Gasteiger partial charge >= 0.3 is 0 Å². The first-order chi connectivity index (χ1) is 8.60. The van der Waals surface area contributed by atoms with E-state index in [-0.39, 0.29) is 11.9 Å². The Bertz CT molecular complexity index is 406. The molecule has 4 nitrogen and oxygen atoms in total. The SMILES string of the molecule is COc1ccc(CN2CCC(C(C)O)C2)c(O)c1. The van der Waals surface area contributed by atoms with Gasteiger partial charge in [0.15, 0.2) is 0 Å². The second-order valence-corrected chi connectivity index (χ2v) is 5.02. The number of phenols is 1. The number of aliphatic hydroxyl groups excluding tert-OH is 1. The highest BCUT2D eigenvalue weighted by Gasteiger charge is 2.26. The van der Waals surface area contributed by atoms with E-state index in [0.717, 1.165) is 31.6 Å². The molecule has 1 heterocycles. The van der Waals surface area contributed by atoms with Gasteiger partial charge in [0.25, 0.3) is 0 Å². The quantitative estimate of drug-likeness (QED) is 0.853. The van der Waals surface area contributed by atoms with E-state index in [1.165, 1.54) is 0 Å². The van der Waals surface area contributed by atoms with Crippen molar-refractivity contribution in [1.82, 2.24) is 4.90 Å². The summed E-state index contributed by atoms with van der Waals surface area (Å²) >= 11 is 0. The molecule has 1 aromatic carbocycles. The lowest BCUT2D eigenvalue weighted by atomic mass is 10.0. The first-order valence-corrected chi connectivity index (χ1v) is 6.36. The lowest BCUT2D eigenvalue weighted by Gasteiger charge is -2.18. The molecule has 2 N–H and O–H groups in total. The number of likely N-dealkylation sites (tertiary alicyclic amines) is 1. The molecule has 1 fully saturated rings. The fourth-order valence-electron chi connectivity index (χ4n) is 2.45. The van der Waals surface area contributed by atoms with Crippen LogP contribution in [0.1, 0.15) is 18.9 Å². The Kier molecular flexibility index (Phi) is 4.09. The van der Waals surface area contributed by atoms with Crippen LogP contribution in [0.15, 0.2) is 18.2 Å². The predicted octanol–water partition coefficient (Wildman–Crippen LogP) is 1.60. The molecule has 100 valence electrons. The van der Waals surface area contributed by atoms with Crippen LogP contribution in [0, 0.1) is 5.92 Å². The molecule has 18 heavy (non-hydrogen) atoms. The Hall–Kier alpha value is -1.26. The van der Waals surface area contributed by atoms with Gasteiger partial charge in [0, 0.05) is 24.7 Å². The molecule has 2 rings (SSSR count). The summed E-state index contributed by atoms with van der Waals surface area (Å²) in [6.07, 6.45) is 0.772. The van der Waals surface area contributed by atoms with Crippen molar-refractivity contribution >= 4 is 0 Å². The number of aliphatic hydroxyl groups is 1. The van der Waals surface area contributed by atoms with Crippen LogP contribution in [0.4, 0.5) is 0 Å². The van der Waals surface area contributed by atoms with Gasteiger partial charge in [0.1, 0.15) is 11.5 Å². The van der Waals surface area contributed by atoms with E-state index in [2.05, 4.69) is 4.90 Å². The van der Waals surface area contributed by atoms with Gasteiger partial charge in [0.2, 0.25) is 0 Å². The largest absolute Gasteiger partial charge is 0.507 e. The lowest BCUT2D eigenvalue weighted by Crippen LogP contribution is -2.23. The van der Waals surface area contributed by atoms with E-state index in [0.29, 0.717) is 11.7 Å². The molecule has 1 aliphatic heterocycles. The second kappa shape index (κ2) is 5.59. The first kappa shape index (κ1) is 13.2. The van der Waals surface area contributed by atoms with Crippen molar-refractivity contribution in [3.05, 3.63) is 23.8 Å². The highest BCUT2D eigenvalue weighted by molar-refractivity contribution is 5.39. The van der Waals surface area contributed by atoms with Crippen LogP contribution in [0.3, 0.4) is 0 Å². The van der Waals surface area contributed by atoms with Crippen LogP contribution in [0.5, 0.6) is 11.5 Å². The normalized spacial score (nSPS) is 22.1. The maximum absolute atomic E-state index is 9.90. The molecule has 0 aromatic heterocycles. The third-order valence-corrected chi connectivity index (χ3v) is 3.68. The Morgan fingerprint density at radius 1 is 1.50 bits per heavy atom. The first-order valence-electron chi connectivity index (χ1n) is 6.36. The van der Waals surface area contributed by atoms with Crippen LogP contribution < -0.4 is 4.74 Å². The number of methoxy groups -OCH3 is 1. The third kappa shape index (κ3) is 2.94. The zero-order valence-electron chi connectivity index (χ0n) is 11.0. The topological polar surface area (TPSA) is 52.9 Å². The molecule has 2 atom stereocenters. The maximum Gasteiger partial charge on any atom is 0.123 e. The average Bonchev–Trinajstić information content (AvgIpc) is 2.80. The van der Waals surface area contributed by atoms with E-state index in [4.69, 9.17) is 4.74 Å². The number of rotatable bonds is 4. The van der Waals surface area contributed by atoms with E-state index < -0.39 is 0 Å². The number of nitrogens with zero attached hydrogens (tertiary/aromatic N) is 1. The molecule has 4 heteroatoms. The number of hydrogen-bond donors (Lipinski definition) is 2. The van der Waals surface area contributed by atoms with Gasteiger partial charge < -0.3 is 14.9 Å². The summed E-state index contributed by atoms with van der Waals surface area (Å²) in [6.45, 7) is 4.43. The highest BCUT2D eigenvalue weighted by Crippen LogP contribution is 2.27. The number of benzene rings is 1. The molecule has 0 spiro atoms. The van der Waals surface area contributed by atoms with Gasteiger partial charge in [-0.3, -0.25) is 4.90 Å². The van der Waals surface area contributed by atoms with E-state index in [1.54, 1.807) is 13.2 Å². The van der Waals surface area contributed by atoms with Crippen molar-refractivity contribution in [3.8, 4) is 11.5 Å². The van der Waals surface area contributed by atoms with E-state index in [1.807, 2.05) is 19.1 Å². The number of phenolic OH excluding ortho intramolecular Hbond substituents is 1. The fraction of sp³-hybridized carbons (Fsp3) is 0.571. The van der Waals surface area contributed by atoms with Crippen molar-refractivity contribution in [3.63, 3.8) is 0 Å². The van der Waals surface area contributed by atoms with Crippen molar-refractivity contribution in [2.45, 2.75) is 26.0 Å². The van der Waals surface area contributed by atoms with E-state index >= 15 is 0 Å². The predicted molar refractivity (Wildman–Crippen MR) is 69.7 cm³/mol. The molecule has 0 amide bonds. The molecule has 0 aliphatic carbocycles. The van der Waals surface area contributed by atoms with Gasteiger partial charge in [-0.1, -0.05) is 6.07 Å². The Balaban J connectivity index is 1.98. The number of hydrogen-bond acceptors (Lipinski definition) is 4. The second-order valence-electron chi connectivity index (χ2n) is 5.02. The molecular weight excluding hydrogens is 230 g/mol. The summed E-state index contributed by atoms with van der Waals surface area (Å²) in [7, 11) is 1.59. The summed E-state index contributed by atoms with van der Waals surface area (Å²) in [4.78, 5) is 2.26. The third-order valence-electron chi connectivity index (χ3n) is 3.68. The van der Waals surface area contributed by atoms with Gasteiger partial charge in [0.05, 0.1) is 13.2 Å². The zero-order valence-corrected chi connectivity index (χ0v) is 11.0. The molecule has 1 saturated heterocycles. The summed E-state index contributed by atoms with van der Waals surface area (Å²) in [5, 5.41) is 19.5. The molecule has 2 unspecified atom stereocenters. The molecule has 0 radical (unpaired) electrons. The number of ether oxygens (including phenoxy) is 1. The van der Waals surface area contributed by atoms with Crippen molar-refractivity contribution in [2.75, 3.05) is 20.2 Å². The maximum atomic E-state index is 9.90. The average molecular weight is 251 g/mol. The van der Waals surface area contributed by atoms with E-state index in [9.17, 15) is 10.2 Å². The van der Waals surface area contributed by atoms with Crippen LogP contribution in [0.2, 0.25) is 0 Å². The monoisotopic (exact) mass is 251 g/mol. The smallest absolute Gasteiger partial charge is 0.123 e. The van der Waals surface area contributed by atoms with Crippen LogP contribution in [-0.4, -0.2) is 41.4 Å². The minimum Gasteiger partial charge on any atom is -0.507 e. The Labute approximate surface area is 108 Å². The van der Waals surface area contributed by atoms with Crippen molar-refractivity contribution in [2.24, 2.45) is 5.92 Å². The van der Waals surface area contributed by atoms with Gasteiger partial charge in [-0.15, -0.1) is 0 Å². The summed E-state index contributed by atoms with van der Waals surface area (Å²) in [5.41, 5.74) is 0.905. The van der Waals surface area contributed by atoms with Crippen LogP contribution >= 0.6 is 0 Å². The highest BCUT2D eigenvalue weighted by atomic mass is 16.5. The van der Waals surface area contributed by atoms with Gasteiger partial charge in [-0.25, -0.2) is 0 Å². The summed E-state index contributed by atoms with van der Waals surface area (Å²) < 4.78 is 5.06. The van der Waals surface area contributed by atoms with Crippen LogP contribution in [0.25, 0.3) is 0 Å². The van der Waals surface area contributed by atoms with Crippen LogP contribution in [-0.2, 0) is 6.54 Å². The lowest BCUT2D eigenvalue weighted by molar-refractivity contribution is 0.127. The molecule has 1 aromatic rings. The molecule has 1 aliphatic rings. The van der Waals surface area contributed by atoms with Crippen molar-refractivity contribution in [1.29, 1.82) is 0 Å². The van der Waals surface area contributed by atoms with Gasteiger partial charge in [-0.05, 0) is 31.9 Å². The Morgan fingerprint density at radius 2 is 2.28 bits per heavy atom. The van der Waals surface area contributed by atoms with Gasteiger partial charge in [-0.2, -0.15) is 0 Å². The summed E-state index contributed by atoms with van der Waals surface area (Å²) in [5.74, 6) is 1.29. The minimum absolute atomic E-state index is 0.250. The summed E-state index contributed by atoms with van der Waals surface area (Å²) in [6, 6.07) is 5.39. The fourth-order valence-corrected chi connectivity index (χ4v) is 2.45. The van der Waals surface area contributed by atoms with Crippen molar-refractivity contribution < 1.29 is 14.9 Å². The Morgan fingerprint density at radius 3 is 2.83 bits per heavy atom.